The van der Waals surface area contributed by atoms with Gasteiger partial charge in [0.1, 0.15) is 5.41 Å². The highest BCUT2D eigenvalue weighted by Gasteiger charge is 2.82. The zero-order valence-corrected chi connectivity index (χ0v) is 15.1. The largest absolute Gasteiger partial charge is 0.468 e. The Kier molecular flexibility index (Phi) is 2.65. The summed E-state index contributed by atoms with van der Waals surface area (Å²) in [4.78, 5) is 15.7. The van der Waals surface area contributed by atoms with Crippen molar-refractivity contribution in [2.24, 2.45) is 11.3 Å². The van der Waals surface area contributed by atoms with Crippen LogP contribution in [0, 0.1) is 11.3 Å². The molecule has 26 heavy (non-hydrogen) atoms. The van der Waals surface area contributed by atoms with Crippen LogP contribution in [-0.4, -0.2) is 53.9 Å². The second kappa shape index (κ2) is 4.52. The topological polar surface area (TPSA) is 61.8 Å². The first-order valence-electron chi connectivity index (χ1n) is 9.64. The van der Waals surface area contributed by atoms with Crippen LogP contribution in [0.3, 0.4) is 0 Å². The standard InChI is InChI=1S/C21H24N2O3/c1-3-11-10-23-15-8-13(11)21(19(25)26-2)16(23)9-20(18(21)24)12-6-4-5-7-14(12)22-17(15)20/h3-7,13,15-18,22,24H,8-10H2,1-2H3/b11-3+/t13-,15-,16-,17+,18-,20+,21-/m1/s1. The number of hydrogen-bond donors (Lipinski definition) is 2. The molecule has 1 saturated carbocycles. The van der Waals surface area contributed by atoms with E-state index in [9.17, 15) is 9.90 Å². The molecule has 4 saturated heterocycles. The number of anilines is 1. The highest BCUT2D eigenvalue weighted by atomic mass is 16.5. The maximum atomic E-state index is 13.2. The van der Waals surface area contributed by atoms with Crippen LogP contribution in [0.25, 0.3) is 0 Å². The van der Waals surface area contributed by atoms with Gasteiger partial charge in [-0.1, -0.05) is 29.8 Å². The lowest BCUT2D eigenvalue weighted by Crippen LogP contribution is -2.71. The molecule has 5 bridgehead atoms. The van der Waals surface area contributed by atoms with Crippen molar-refractivity contribution in [3.05, 3.63) is 41.5 Å². The molecule has 8 atom stereocenters. The number of nitrogens with one attached hydrogen (secondary N) is 1. The molecule has 1 unspecified atom stereocenters. The van der Waals surface area contributed by atoms with Crippen molar-refractivity contribution in [3.8, 4) is 0 Å². The van der Waals surface area contributed by atoms with Crippen LogP contribution in [0.2, 0.25) is 0 Å². The number of methoxy groups -OCH3 is 1. The van der Waals surface area contributed by atoms with Crippen molar-refractivity contribution in [3.63, 3.8) is 0 Å². The lowest BCUT2D eigenvalue weighted by Gasteiger charge is -2.60. The first kappa shape index (κ1) is 15.2. The molecule has 7 rings (SSSR count). The first-order chi connectivity index (χ1) is 12.6. The number of hydrogen-bond acceptors (Lipinski definition) is 5. The van der Waals surface area contributed by atoms with Crippen LogP contribution in [-0.2, 0) is 14.9 Å². The van der Waals surface area contributed by atoms with E-state index in [0.29, 0.717) is 6.04 Å². The summed E-state index contributed by atoms with van der Waals surface area (Å²) < 4.78 is 5.34. The van der Waals surface area contributed by atoms with Crippen LogP contribution < -0.4 is 5.32 Å². The number of ether oxygens (including phenoxy) is 1. The fraction of sp³-hybridized carbons (Fsp3) is 0.571. The van der Waals surface area contributed by atoms with E-state index in [-0.39, 0.29) is 24.0 Å². The minimum absolute atomic E-state index is 0.0570. The van der Waals surface area contributed by atoms with Gasteiger partial charge in [-0.15, -0.1) is 0 Å². The van der Waals surface area contributed by atoms with Crippen LogP contribution in [0.15, 0.2) is 35.9 Å². The molecule has 5 nitrogen and oxygen atoms in total. The third kappa shape index (κ3) is 1.28. The molecule has 1 aliphatic carbocycles. The Morgan fingerprint density at radius 2 is 2.23 bits per heavy atom. The van der Waals surface area contributed by atoms with Gasteiger partial charge in [0.05, 0.1) is 19.3 Å². The highest BCUT2D eigenvalue weighted by molar-refractivity contribution is 5.84. The fourth-order valence-corrected chi connectivity index (χ4v) is 7.49. The molecule has 0 radical (unpaired) electrons. The summed E-state index contributed by atoms with van der Waals surface area (Å²) in [5, 5.41) is 15.6. The second-order valence-corrected chi connectivity index (χ2v) is 8.65. The summed E-state index contributed by atoms with van der Waals surface area (Å²) in [7, 11) is 1.46. The minimum atomic E-state index is -0.848. The fourth-order valence-electron chi connectivity index (χ4n) is 7.49. The van der Waals surface area contributed by atoms with Gasteiger partial charge in [0.15, 0.2) is 0 Å². The van der Waals surface area contributed by atoms with Crippen molar-refractivity contribution in [2.45, 2.75) is 49.4 Å². The molecule has 5 aliphatic heterocycles. The van der Waals surface area contributed by atoms with E-state index < -0.39 is 16.9 Å². The number of aliphatic hydroxyl groups is 1. The number of benzene rings is 1. The summed E-state index contributed by atoms with van der Waals surface area (Å²) in [5.41, 5.74) is 2.34. The second-order valence-electron chi connectivity index (χ2n) is 8.65. The summed E-state index contributed by atoms with van der Waals surface area (Å²) in [6.07, 6.45) is 3.15. The maximum absolute atomic E-state index is 13.2. The van der Waals surface area contributed by atoms with Crippen LogP contribution in [0.1, 0.15) is 25.3 Å². The normalized spacial score (nSPS) is 50.5. The monoisotopic (exact) mass is 352 g/mol. The summed E-state index contributed by atoms with van der Waals surface area (Å²) >= 11 is 0. The van der Waals surface area contributed by atoms with E-state index in [0.717, 1.165) is 25.1 Å². The van der Waals surface area contributed by atoms with Crippen molar-refractivity contribution in [1.29, 1.82) is 0 Å². The SMILES string of the molecule is C/C=C1\CN2[C@@H]3C[C@H]1[C@]1(C(=O)OC)[C@H](O)[C@@]4(C[C@@H]21)c1ccccc1N[C@@H]34. The third-order valence-electron chi connectivity index (χ3n) is 8.30. The van der Waals surface area contributed by atoms with E-state index in [1.54, 1.807) is 0 Å². The van der Waals surface area contributed by atoms with Gasteiger partial charge >= 0.3 is 5.97 Å². The smallest absolute Gasteiger partial charge is 0.316 e. The summed E-state index contributed by atoms with van der Waals surface area (Å²) in [6.45, 7) is 2.96. The van der Waals surface area contributed by atoms with Gasteiger partial charge in [-0.3, -0.25) is 9.69 Å². The van der Waals surface area contributed by atoms with Crippen molar-refractivity contribution in [2.75, 3.05) is 19.0 Å². The number of fused-ring (bicyclic) bond motifs is 2. The van der Waals surface area contributed by atoms with Gasteiger partial charge in [-0.25, -0.2) is 0 Å². The highest BCUT2D eigenvalue weighted by Crippen LogP contribution is 2.71. The summed E-state index contributed by atoms with van der Waals surface area (Å²) in [6, 6.07) is 8.89. The number of esters is 1. The number of carbonyl (C=O) groups excluding carboxylic acids is 1. The zero-order valence-electron chi connectivity index (χ0n) is 15.1. The number of carbonyl (C=O) groups is 1. The van der Waals surface area contributed by atoms with Gasteiger partial charge in [0.2, 0.25) is 0 Å². The Hall–Kier alpha value is -1.85. The van der Waals surface area contributed by atoms with Gasteiger partial charge in [0.25, 0.3) is 0 Å². The Balaban J connectivity index is 1.65. The molecule has 5 heteroatoms. The molecule has 0 aromatic heterocycles. The minimum Gasteiger partial charge on any atom is -0.468 e. The molecule has 6 aliphatic rings. The van der Waals surface area contributed by atoms with Gasteiger partial charge < -0.3 is 15.2 Å². The number of nitrogens with zero attached hydrogens (tertiary/aromatic N) is 1. The summed E-state index contributed by atoms with van der Waals surface area (Å²) in [5.74, 6) is -0.154. The van der Waals surface area contributed by atoms with E-state index >= 15 is 0 Å². The lowest BCUT2D eigenvalue weighted by atomic mass is 9.58. The first-order valence-corrected chi connectivity index (χ1v) is 9.64. The van der Waals surface area contributed by atoms with Gasteiger partial charge in [-0.2, -0.15) is 0 Å². The average Bonchev–Trinajstić information content (AvgIpc) is 3.13. The molecule has 1 aromatic rings. The predicted octanol–water partition coefficient (Wildman–Crippen LogP) is 1.68. The number of allylic oxidation sites excluding steroid dienone is 1. The number of para-hydroxylation sites is 1. The molecule has 0 amide bonds. The van der Waals surface area contributed by atoms with Gasteiger partial charge in [-0.05, 0) is 31.4 Å². The molecule has 1 spiro atoms. The van der Waals surface area contributed by atoms with Crippen molar-refractivity contribution in [1.82, 2.24) is 4.90 Å². The van der Waals surface area contributed by atoms with Crippen LogP contribution >= 0.6 is 0 Å². The molecule has 5 heterocycles. The van der Waals surface area contributed by atoms with E-state index in [2.05, 4.69) is 35.3 Å². The van der Waals surface area contributed by atoms with E-state index in [1.165, 1.54) is 18.2 Å². The molecule has 2 N–H and O–H groups in total. The number of aliphatic hydroxyl groups excluding tert-OH is 1. The average molecular weight is 352 g/mol. The Bertz CT molecular complexity index is 867. The van der Waals surface area contributed by atoms with E-state index in [4.69, 9.17) is 4.74 Å². The van der Waals surface area contributed by atoms with E-state index in [1.807, 2.05) is 12.1 Å². The van der Waals surface area contributed by atoms with Crippen molar-refractivity contribution >= 4 is 11.7 Å². The van der Waals surface area contributed by atoms with Crippen molar-refractivity contribution < 1.29 is 14.6 Å². The molecular formula is C21H24N2O3. The maximum Gasteiger partial charge on any atom is 0.316 e. The molecule has 1 aromatic carbocycles. The van der Waals surface area contributed by atoms with Crippen LogP contribution in [0.4, 0.5) is 5.69 Å². The molecular weight excluding hydrogens is 328 g/mol. The Morgan fingerprint density at radius 3 is 3.00 bits per heavy atom. The number of rotatable bonds is 1. The molecule has 5 fully saturated rings. The Labute approximate surface area is 153 Å². The zero-order chi connectivity index (χ0) is 17.8. The van der Waals surface area contributed by atoms with Gasteiger partial charge in [0, 0.05) is 35.6 Å². The third-order valence-corrected chi connectivity index (χ3v) is 8.30. The quantitative estimate of drug-likeness (QED) is 0.595. The number of piperidine rings is 4. The lowest BCUT2D eigenvalue weighted by molar-refractivity contribution is -0.179. The Morgan fingerprint density at radius 1 is 1.42 bits per heavy atom. The van der Waals surface area contributed by atoms with Crippen LogP contribution in [0.5, 0.6) is 0 Å². The molecule has 136 valence electrons. The predicted molar refractivity (Wildman–Crippen MR) is 96.7 cm³/mol.